The summed E-state index contributed by atoms with van der Waals surface area (Å²) in [7, 11) is 0. The van der Waals surface area contributed by atoms with Crippen molar-refractivity contribution in [2.45, 2.75) is 26.4 Å². The first-order valence-corrected chi connectivity index (χ1v) is 9.81. The van der Waals surface area contributed by atoms with Crippen molar-refractivity contribution in [3.05, 3.63) is 51.6 Å². The molecule has 0 aliphatic carbocycles. The van der Waals surface area contributed by atoms with E-state index in [0.29, 0.717) is 38.0 Å². The van der Waals surface area contributed by atoms with Crippen molar-refractivity contribution in [2.24, 2.45) is 0 Å². The molecule has 4 nitrogen and oxygen atoms in total. The predicted molar refractivity (Wildman–Crippen MR) is 106 cm³/mol. The summed E-state index contributed by atoms with van der Waals surface area (Å²) in [6, 6.07) is 7.97. The third-order valence-corrected chi connectivity index (χ3v) is 6.00. The van der Waals surface area contributed by atoms with E-state index in [1.165, 1.54) is 12.1 Å². The van der Waals surface area contributed by atoms with E-state index in [-0.39, 0.29) is 17.8 Å². The molecule has 1 amide bonds. The highest BCUT2D eigenvalue weighted by molar-refractivity contribution is 7.21. The van der Waals surface area contributed by atoms with Gasteiger partial charge in [-0.25, -0.2) is 4.39 Å². The number of carbonyl (C=O) groups excluding carboxylic acids is 1. The average Bonchev–Trinajstić information content (AvgIpc) is 3.14. The maximum atomic E-state index is 13.5. The smallest absolute Gasteiger partial charge is 0.267 e. The highest BCUT2D eigenvalue weighted by atomic mass is 35.5. The lowest BCUT2D eigenvalue weighted by Crippen LogP contribution is -2.12. The summed E-state index contributed by atoms with van der Waals surface area (Å²) in [5, 5.41) is 3.83. The number of rotatable bonds is 4. The summed E-state index contributed by atoms with van der Waals surface area (Å²) in [4.78, 5) is 13.2. The molecule has 27 heavy (non-hydrogen) atoms. The van der Waals surface area contributed by atoms with Crippen LogP contribution in [0.4, 0.5) is 10.1 Å². The number of hydrogen-bond donors (Lipinski definition) is 1. The monoisotopic (exact) mass is 405 g/mol. The van der Waals surface area contributed by atoms with Crippen LogP contribution in [0.2, 0.25) is 5.02 Å². The van der Waals surface area contributed by atoms with Gasteiger partial charge >= 0.3 is 0 Å². The SMILES string of the molecule is CCOc1cc2c(cc1NC(=O)c1sc3cc(F)ccc3c1Cl)O[C@H](C)C2. The Hall–Kier alpha value is -2.31. The van der Waals surface area contributed by atoms with E-state index >= 15 is 0 Å². The van der Waals surface area contributed by atoms with E-state index in [1.807, 2.05) is 19.9 Å². The van der Waals surface area contributed by atoms with E-state index in [0.717, 1.165) is 29.1 Å². The summed E-state index contributed by atoms with van der Waals surface area (Å²) >= 11 is 7.51. The van der Waals surface area contributed by atoms with Crippen LogP contribution in [0.1, 0.15) is 29.1 Å². The van der Waals surface area contributed by atoms with E-state index in [4.69, 9.17) is 21.1 Å². The minimum absolute atomic E-state index is 0.0902. The van der Waals surface area contributed by atoms with Crippen LogP contribution in [-0.2, 0) is 6.42 Å². The molecule has 2 aromatic carbocycles. The lowest BCUT2D eigenvalue weighted by molar-refractivity contribution is 0.103. The van der Waals surface area contributed by atoms with Crippen molar-refractivity contribution in [1.29, 1.82) is 0 Å². The Bertz CT molecular complexity index is 1050. The first-order valence-electron chi connectivity index (χ1n) is 8.61. The number of anilines is 1. The van der Waals surface area contributed by atoms with Gasteiger partial charge in [0.1, 0.15) is 28.3 Å². The Morgan fingerprint density at radius 1 is 1.41 bits per heavy atom. The van der Waals surface area contributed by atoms with Gasteiger partial charge in [0.25, 0.3) is 5.91 Å². The number of amides is 1. The van der Waals surface area contributed by atoms with E-state index in [9.17, 15) is 9.18 Å². The second-order valence-corrected chi connectivity index (χ2v) is 7.79. The molecule has 0 saturated heterocycles. The van der Waals surface area contributed by atoms with Crippen LogP contribution >= 0.6 is 22.9 Å². The van der Waals surface area contributed by atoms with Crippen molar-refractivity contribution in [2.75, 3.05) is 11.9 Å². The highest BCUT2D eigenvalue weighted by Crippen LogP contribution is 2.40. The van der Waals surface area contributed by atoms with Gasteiger partial charge in [0, 0.05) is 28.1 Å². The number of benzene rings is 2. The minimum atomic E-state index is -0.367. The van der Waals surface area contributed by atoms with Crippen LogP contribution in [0.25, 0.3) is 10.1 Å². The number of carbonyl (C=O) groups is 1. The molecule has 0 fully saturated rings. The number of thiophene rings is 1. The molecule has 0 bridgehead atoms. The van der Waals surface area contributed by atoms with Crippen LogP contribution in [0.15, 0.2) is 30.3 Å². The van der Waals surface area contributed by atoms with Gasteiger partial charge in [-0.15, -0.1) is 11.3 Å². The molecule has 7 heteroatoms. The standard InChI is InChI=1S/C20H17ClFNO3S/c1-3-25-16-7-11-6-10(2)26-15(11)9-14(16)23-20(24)19-18(21)13-5-4-12(22)8-17(13)27-19/h4-5,7-10H,3,6H2,1-2H3,(H,23,24)/t10-/m1/s1. The number of nitrogens with one attached hydrogen (secondary N) is 1. The number of fused-ring (bicyclic) bond motifs is 2. The van der Waals surface area contributed by atoms with Gasteiger partial charge in [-0.2, -0.15) is 0 Å². The molecule has 1 N–H and O–H groups in total. The zero-order valence-electron chi connectivity index (χ0n) is 14.8. The minimum Gasteiger partial charge on any atom is -0.492 e. The number of ether oxygens (including phenoxy) is 2. The largest absolute Gasteiger partial charge is 0.492 e. The first-order chi connectivity index (χ1) is 13.0. The number of hydrogen-bond acceptors (Lipinski definition) is 4. The molecule has 1 aromatic heterocycles. The Morgan fingerprint density at radius 3 is 3.00 bits per heavy atom. The van der Waals surface area contributed by atoms with Crippen molar-refractivity contribution in [1.82, 2.24) is 0 Å². The molecule has 1 aliphatic rings. The van der Waals surface area contributed by atoms with Gasteiger partial charge in [-0.05, 0) is 38.1 Å². The van der Waals surface area contributed by atoms with E-state index in [1.54, 1.807) is 12.1 Å². The van der Waals surface area contributed by atoms with Gasteiger partial charge in [-0.3, -0.25) is 4.79 Å². The summed E-state index contributed by atoms with van der Waals surface area (Å²) in [6.07, 6.45) is 0.893. The van der Waals surface area contributed by atoms with Crippen molar-refractivity contribution >= 4 is 44.6 Å². The maximum absolute atomic E-state index is 13.5. The van der Waals surface area contributed by atoms with Crippen LogP contribution in [0.5, 0.6) is 11.5 Å². The Morgan fingerprint density at radius 2 is 2.22 bits per heavy atom. The highest BCUT2D eigenvalue weighted by Gasteiger charge is 2.24. The van der Waals surface area contributed by atoms with Crippen LogP contribution < -0.4 is 14.8 Å². The van der Waals surface area contributed by atoms with Gasteiger partial charge in [0.15, 0.2) is 0 Å². The fourth-order valence-corrected chi connectivity index (χ4v) is 4.61. The van der Waals surface area contributed by atoms with Crippen LogP contribution in [0.3, 0.4) is 0 Å². The molecule has 0 unspecified atom stereocenters. The van der Waals surface area contributed by atoms with Crippen LogP contribution in [0, 0.1) is 5.82 Å². The second-order valence-electron chi connectivity index (χ2n) is 6.36. The topological polar surface area (TPSA) is 47.6 Å². The zero-order valence-corrected chi connectivity index (χ0v) is 16.3. The fourth-order valence-electron chi connectivity index (χ4n) is 3.18. The average molecular weight is 406 g/mol. The van der Waals surface area contributed by atoms with Crippen LogP contribution in [-0.4, -0.2) is 18.6 Å². The number of halogens is 2. The molecule has 0 spiro atoms. The van der Waals surface area contributed by atoms with Gasteiger partial charge in [0.2, 0.25) is 0 Å². The zero-order chi connectivity index (χ0) is 19.1. The predicted octanol–water partition coefficient (Wildman–Crippen LogP) is 5.67. The van der Waals surface area contributed by atoms with Gasteiger partial charge in [0.05, 0.1) is 17.3 Å². The third kappa shape index (κ3) is 3.35. The maximum Gasteiger partial charge on any atom is 0.267 e. The Kier molecular flexibility index (Phi) is 4.70. The van der Waals surface area contributed by atoms with Crippen molar-refractivity contribution in [3.8, 4) is 11.5 Å². The summed E-state index contributed by atoms with van der Waals surface area (Å²) in [6.45, 7) is 4.35. The molecule has 0 radical (unpaired) electrons. The second kappa shape index (κ2) is 7.02. The molecular weight excluding hydrogens is 389 g/mol. The first kappa shape index (κ1) is 18.1. The Balaban J connectivity index is 1.69. The van der Waals surface area contributed by atoms with E-state index < -0.39 is 0 Å². The third-order valence-electron chi connectivity index (χ3n) is 4.34. The molecular formula is C20H17ClFNO3S. The summed E-state index contributed by atoms with van der Waals surface area (Å²) in [5.41, 5.74) is 1.58. The lowest BCUT2D eigenvalue weighted by Gasteiger charge is -2.13. The molecule has 1 aliphatic heterocycles. The van der Waals surface area contributed by atoms with Crippen molar-refractivity contribution < 1.29 is 18.7 Å². The quantitative estimate of drug-likeness (QED) is 0.608. The van der Waals surface area contributed by atoms with Crippen molar-refractivity contribution in [3.63, 3.8) is 0 Å². The lowest BCUT2D eigenvalue weighted by atomic mass is 10.1. The molecule has 1 atom stereocenters. The molecule has 2 heterocycles. The molecule has 0 saturated carbocycles. The fraction of sp³-hybridized carbons (Fsp3) is 0.250. The molecule has 3 aromatic rings. The molecule has 4 rings (SSSR count). The van der Waals surface area contributed by atoms with Gasteiger partial charge in [-0.1, -0.05) is 11.6 Å². The summed E-state index contributed by atoms with van der Waals surface area (Å²) in [5.74, 6) is 0.598. The van der Waals surface area contributed by atoms with Gasteiger partial charge < -0.3 is 14.8 Å². The normalized spacial score (nSPS) is 15.5. The Labute approximate surface area is 164 Å². The summed E-state index contributed by atoms with van der Waals surface area (Å²) < 4.78 is 25.6. The molecule has 140 valence electrons. The van der Waals surface area contributed by atoms with E-state index in [2.05, 4.69) is 5.32 Å².